The summed E-state index contributed by atoms with van der Waals surface area (Å²) in [6, 6.07) is 7.81. The van der Waals surface area contributed by atoms with Crippen LogP contribution in [-0.2, 0) is 11.2 Å². The average molecular weight is 423 g/mol. The Bertz CT molecular complexity index is 900. The zero-order chi connectivity index (χ0) is 18.8. The zero-order valence-corrected chi connectivity index (χ0v) is 16.8. The molecule has 3 unspecified atom stereocenters. The minimum atomic E-state index is -0.476. The summed E-state index contributed by atoms with van der Waals surface area (Å²) in [4.78, 5) is 0. The van der Waals surface area contributed by atoms with Crippen LogP contribution in [0.3, 0.4) is 0 Å². The maximum Gasteiger partial charge on any atom is 0.148 e. The van der Waals surface area contributed by atoms with Crippen molar-refractivity contribution in [1.29, 1.82) is 0 Å². The van der Waals surface area contributed by atoms with Crippen LogP contribution in [0.2, 0.25) is 5.02 Å². The first-order valence-corrected chi connectivity index (χ1v) is 10.8. The van der Waals surface area contributed by atoms with E-state index in [0.717, 1.165) is 26.7 Å². The van der Waals surface area contributed by atoms with E-state index in [1.807, 2.05) is 29.6 Å². The van der Waals surface area contributed by atoms with Gasteiger partial charge in [-0.1, -0.05) is 35.1 Å². The molecule has 0 bridgehead atoms. The Morgan fingerprint density at radius 1 is 1.22 bits per heavy atom. The predicted molar refractivity (Wildman–Crippen MR) is 107 cm³/mol. The molecule has 8 heteroatoms. The highest BCUT2D eigenvalue weighted by molar-refractivity contribution is 7.15. The third-order valence-corrected chi connectivity index (χ3v) is 6.62. The molecule has 1 aliphatic heterocycles. The number of rotatable bonds is 5. The number of nitrogens with zero attached hydrogens (tertiary/aromatic N) is 2. The van der Waals surface area contributed by atoms with Gasteiger partial charge in [0, 0.05) is 35.2 Å². The van der Waals surface area contributed by atoms with Gasteiger partial charge in [0.1, 0.15) is 10.0 Å². The van der Waals surface area contributed by atoms with Crippen molar-refractivity contribution >= 4 is 34.3 Å². The van der Waals surface area contributed by atoms with Crippen LogP contribution in [0.5, 0.6) is 0 Å². The Kier molecular flexibility index (Phi) is 5.87. The molecular weight excluding hydrogens is 404 g/mol. The van der Waals surface area contributed by atoms with E-state index in [1.54, 1.807) is 22.7 Å². The van der Waals surface area contributed by atoms with Gasteiger partial charge >= 0.3 is 0 Å². The normalized spacial score (nSPS) is 22.9. The lowest BCUT2D eigenvalue weighted by Gasteiger charge is -2.32. The van der Waals surface area contributed by atoms with E-state index in [1.165, 1.54) is 0 Å². The summed E-state index contributed by atoms with van der Waals surface area (Å²) >= 11 is 9.60. The highest BCUT2D eigenvalue weighted by atomic mass is 35.5. The summed E-state index contributed by atoms with van der Waals surface area (Å²) < 4.78 is 5.91. The van der Waals surface area contributed by atoms with Gasteiger partial charge in [-0.25, -0.2) is 0 Å². The summed E-state index contributed by atoms with van der Waals surface area (Å²) in [7, 11) is 0. The summed E-state index contributed by atoms with van der Waals surface area (Å²) in [5.74, 6) is 0. The van der Waals surface area contributed by atoms with Gasteiger partial charge < -0.3 is 14.9 Å². The van der Waals surface area contributed by atoms with E-state index >= 15 is 0 Å². The van der Waals surface area contributed by atoms with Gasteiger partial charge in [-0.05, 0) is 28.6 Å². The van der Waals surface area contributed by atoms with Crippen LogP contribution in [0, 0.1) is 0 Å². The molecule has 3 aromatic rings. The van der Waals surface area contributed by atoms with Crippen molar-refractivity contribution in [2.24, 2.45) is 0 Å². The molecule has 142 valence electrons. The molecule has 0 aliphatic carbocycles. The smallest absolute Gasteiger partial charge is 0.148 e. The van der Waals surface area contributed by atoms with Crippen molar-refractivity contribution in [3.63, 3.8) is 0 Å². The molecule has 3 heterocycles. The van der Waals surface area contributed by atoms with E-state index in [9.17, 15) is 10.2 Å². The Labute approximate surface area is 170 Å². The largest absolute Gasteiger partial charge is 0.394 e. The van der Waals surface area contributed by atoms with Crippen LogP contribution in [0.1, 0.15) is 35.1 Å². The first-order chi connectivity index (χ1) is 13.1. The van der Waals surface area contributed by atoms with E-state index in [0.29, 0.717) is 24.3 Å². The molecule has 0 spiro atoms. The third-order valence-electron chi connectivity index (χ3n) is 4.60. The fourth-order valence-corrected chi connectivity index (χ4v) is 5.00. The zero-order valence-electron chi connectivity index (χ0n) is 14.4. The van der Waals surface area contributed by atoms with E-state index in [2.05, 4.69) is 15.6 Å². The first-order valence-electron chi connectivity index (χ1n) is 8.70. The topological polar surface area (TPSA) is 75.5 Å². The Hall–Kier alpha value is -1.35. The lowest BCUT2D eigenvalue weighted by Crippen LogP contribution is -2.33. The Morgan fingerprint density at radius 2 is 2.11 bits per heavy atom. The van der Waals surface area contributed by atoms with E-state index < -0.39 is 6.10 Å². The molecule has 1 saturated heterocycles. The van der Waals surface area contributed by atoms with Crippen LogP contribution in [0.4, 0.5) is 0 Å². The van der Waals surface area contributed by atoms with Gasteiger partial charge in [-0.2, -0.15) is 11.3 Å². The van der Waals surface area contributed by atoms with Gasteiger partial charge in [0.2, 0.25) is 0 Å². The van der Waals surface area contributed by atoms with E-state index in [4.69, 9.17) is 16.3 Å². The van der Waals surface area contributed by atoms with Crippen LogP contribution in [0.25, 0.3) is 10.6 Å². The second kappa shape index (κ2) is 8.34. The van der Waals surface area contributed by atoms with Crippen molar-refractivity contribution in [2.75, 3.05) is 6.61 Å². The van der Waals surface area contributed by atoms with Crippen molar-refractivity contribution in [1.82, 2.24) is 10.2 Å². The molecule has 1 fully saturated rings. The third kappa shape index (κ3) is 4.39. The Balaban J connectivity index is 1.54. The maximum absolute atomic E-state index is 10.1. The standard InChI is InChI=1S/C19H19ClN2O3S2/c20-16-2-1-11(17-8-14(24)7-15(9-23)25-17)5-13(16)6-18-21-22-19(27-18)12-3-4-26-10-12/h1-5,10,14-15,17,23-24H,6-9H2. The van der Waals surface area contributed by atoms with Gasteiger partial charge in [-0.15, -0.1) is 10.2 Å². The van der Waals surface area contributed by atoms with Crippen molar-refractivity contribution < 1.29 is 14.9 Å². The van der Waals surface area contributed by atoms with Crippen molar-refractivity contribution in [2.45, 2.75) is 37.6 Å². The predicted octanol–water partition coefficient (Wildman–Crippen LogP) is 4.08. The molecule has 1 aromatic carbocycles. The monoisotopic (exact) mass is 422 g/mol. The van der Waals surface area contributed by atoms with Gasteiger partial charge in [-0.3, -0.25) is 0 Å². The number of aromatic nitrogens is 2. The fourth-order valence-electron chi connectivity index (χ4n) is 3.24. The molecule has 0 radical (unpaired) electrons. The van der Waals surface area contributed by atoms with Crippen LogP contribution < -0.4 is 0 Å². The number of aliphatic hydroxyl groups is 2. The SMILES string of the molecule is OCC1CC(O)CC(c2ccc(Cl)c(Cc3nnc(-c4ccsc4)s3)c2)O1. The van der Waals surface area contributed by atoms with Crippen LogP contribution in [0.15, 0.2) is 35.0 Å². The molecule has 3 atom stereocenters. The Morgan fingerprint density at radius 3 is 2.89 bits per heavy atom. The summed E-state index contributed by atoms with van der Waals surface area (Å²) in [6.07, 6.45) is 0.499. The minimum Gasteiger partial charge on any atom is -0.394 e. The summed E-state index contributed by atoms with van der Waals surface area (Å²) in [6.45, 7) is -0.0931. The summed E-state index contributed by atoms with van der Waals surface area (Å²) in [5, 5.41) is 34.6. The number of ether oxygens (including phenoxy) is 1. The number of benzene rings is 1. The quantitative estimate of drug-likeness (QED) is 0.647. The number of halogens is 1. The highest BCUT2D eigenvalue weighted by Gasteiger charge is 2.29. The van der Waals surface area contributed by atoms with Gasteiger partial charge in [0.25, 0.3) is 0 Å². The second-order valence-corrected chi connectivity index (χ2v) is 8.84. The second-order valence-electron chi connectivity index (χ2n) is 6.60. The molecule has 1 aliphatic rings. The highest BCUT2D eigenvalue weighted by Crippen LogP contribution is 2.34. The lowest BCUT2D eigenvalue weighted by molar-refractivity contribution is -0.113. The summed E-state index contributed by atoms with van der Waals surface area (Å²) in [5.41, 5.74) is 2.99. The van der Waals surface area contributed by atoms with Crippen molar-refractivity contribution in [3.05, 3.63) is 56.2 Å². The average Bonchev–Trinajstić information content (AvgIpc) is 3.34. The molecular formula is C19H19ClN2O3S2. The minimum absolute atomic E-state index is 0.0931. The van der Waals surface area contributed by atoms with Gasteiger partial charge in [0.05, 0.1) is 24.9 Å². The number of hydrogen-bond donors (Lipinski definition) is 2. The molecule has 0 saturated carbocycles. The molecule has 5 nitrogen and oxygen atoms in total. The maximum atomic E-state index is 10.1. The molecule has 2 N–H and O–H groups in total. The number of hydrogen-bond acceptors (Lipinski definition) is 7. The molecule has 2 aromatic heterocycles. The fraction of sp³-hybridized carbons (Fsp3) is 0.368. The van der Waals surface area contributed by atoms with Crippen LogP contribution in [-0.4, -0.2) is 39.2 Å². The molecule has 4 rings (SSSR count). The van der Waals surface area contributed by atoms with E-state index in [-0.39, 0.29) is 18.8 Å². The molecule has 0 amide bonds. The van der Waals surface area contributed by atoms with Gasteiger partial charge in [0.15, 0.2) is 0 Å². The van der Waals surface area contributed by atoms with Crippen molar-refractivity contribution in [3.8, 4) is 10.6 Å². The molecule has 27 heavy (non-hydrogen) atoms. The first kappa shape index (κ1) is 19.0. The number of thiophene rings is 1. The number of aliphatic hydroxyl groups excluding tert-OH is 2. The van der Waals surface area contributed by atoms with Crippen LogP contribution >= 0.6 is 34.3 Å². The lowest BCUT2D eigenvalue weighted by atomic mass is 9.95.